The van der Waals surface area contributed by atoms with Gasteiger partial charge in [0.2, 0.25) is 11.8 Å². The normalized spacial score (nSPS) is 25.2. The predicted octanol–water partition coefficient (Wildman–Crippen LogP) is 3.01. The minimum Gasteiger partial charge on any atom is -0.340 e. The second-order valence-corrected chi connectivity index (χ2v) is 6.64. The second-order valence-electron chi connectivity index (χ2n) is 6.64. The summed E-state index contributed by atoms with van der Waals surface area (Å²) < 4.78 is 0. The van der Waals surface area contributed by atoms with Gasteiger partial charge in [-0.3, -0.25) is 9.59 Å². The topological polar surface area (TPSA) is 49.4 Å². The second kappa shape index (κ2) is 7.28. The Morgan fingerprint density at radius 1 is 1.10 bits per heavy atom. The summed E-state index contributed by atoms with van der Waals surface area (Å²) in [5, 5.41) is 3.11. The molecule has 4 nitrogen and oxygen atoms in total. The van der Waals surface area contributed by atoms with Crippen molar-refractivity contribution < 1.29 is 9.59 Å². The summed E-state index contributed by atoms with van der Waals surface area (Å²) in [6, 6.07) is -0.244. The number of hydrogen-bond donors (Lipinski definition) is 1. The lowest BCUT2D eigenvalue weighted by Crippen LogP contribution is -2.70. The molecule has 0 radical (unpaired) electrons. The molecule has 2 amide bonds. The van der Waals surface area contributed by atoms with E-state index in [0.29, 0.717) is 0 Å². The van der Waals surface area contributed by atoms with Gasteiger partial charge in [-0.25, -0.2) is 0 Å². The average Bonchev–Trinajstić information content (AvgIpc) is 2.49. The van der Waals surface area contributed by atoms with Gasteiger partial charge in [0, 0.05) is 6.54 Å². The molecule has 1 saturated heterocycles. The number of nitrogens with zero attached hydrogens (tertiary/aromatic N) is 1. The van der Waals surface area contributed by atoms with E-state index in [1.807, 2.05) is 4.90 Å². The first kappa shape index (κ1) is 16.3. The van der Waals surface area contributed by atoms with Gasteiger partial charge >= 0.3 is 0 Å². The standard InChI is InChI=1S/C17H30N2O2/c1-3-5-9-13-19-14(10-4-2)15(20)18-17(16(19)21)11-7-6-8-12-17/h14H,3-13H2,1-2H3,(H,18,20). The molecule has 0 aromatic carbocycles. The van der Waals surface area contributed by atoms with Gasteiger partial charge in [-0.15, -0.1) is 0 Å². The van der Waals surface area contributed by atoms with Gasteiger partial charge in [0.05, 0.1) is 0 Å². The van der Waals surface area contributed by atoms with E-state index in [9.17, 15) is 9.59 Å². The lowest BCUT2D eigenvalue weighted by Gasteiger charge is -2.47. The molecule has 1 atom stereocenters. The van der Waals surface area contributed by atoms with Gasteiger partial charge in [-0.2, -0.15) is 0 Å². The van der Waals surface area contributed by atoms with Crippen molar-refractivity contribution in [3.05, 3.63) is 0 Å². The monoisotopic (exact) mass is 294 g/mol. The molecule has 1 N–H and O–H groups in total. The first-order valence-electron chi connectivity index (χ1n) is 8.77. The molecular weight excluding hydrogens is 264 g/mol. The number of amides is 2. The fourth-order valence-electron chi connectivity index (χ4n) is 3.77. The van der Waals surface area contributed by atoms with E-state index in [-0.39, 0.29) is 17.9 Å². The summed E-state index contributed by atoms with van der Waals surface area (Å²) in [6.45, 7) is 4.98. The molecule has 1 heterocycles. The Hall–Kier alpha value is -1.06. The molecule has 1 aliphatic heterocycles. The first-order chi connectivity index (χ1) is 10.1. The maximum absolute atomic E-state index is 13.0. The van der Waals surface area contributed by atoms with Gasteiger partial charge in [0.1, 0.15) is 11.6 Å². The van der Waals surface area contributed by atoms with Crippen LogP contribution in [0, 0.1) is 0 Å². The van der Waals surface area contributed by atoms with Crippen LogP contribution in [0.4, 0.5) is 0 Å². The molecule has 120 valence electrons. The Kier molecular flexibility index (Phi) is 5.65. The van der Waals surface area contributed by atoms with Crippen LogP contribution in [-0.2, 0) is 9.59 Å². The summed E-state index contributed by atoms with van der Waals surface area (Å²) in [7, 11) is 0. The highest BCUT2D eigenvalue weighted by Crippen LogP contribution is 2.34. The Bertz CT molecular complexity index is 375. The van der Waals surface area contributed by atoms with E-state index < -0.39 is 5.54 Å². The van der Waals surface area contributed by atoms with Crippen molar-refractivity contribution in [3.8, 4) is 0 Å². The zero-order valence-electron chi connectivity index (χ0n) is 13.6. The van der Waals surface area contributed by atoms with Gasteiger partial charge in [0.25, 0.3) is 0 Å². The minimum atomic E-state index is -0.578. The van der Waals surface area contributed by atoms with Gasteiger partial charge in [0.15, 0.2) is 0 Å². The average molecular weight is 294 g/mol. The van der Waals surface area contributed by atoms with E-state index >= 15 is 0 Å². The lowest BCUT2D eigenvalue weighted by molar-refractivity contribution is -0.157. The Labute approximate surface area is 128 Å². The molecule has 0 aromatic rings. The van der Waals surface area contributed by atoms with Crippen LogP contribution in [-0.4, -0.2) is 34.8 Å². The van der Waals surface area contributed by atoms with E-state index in [1.165, 1.54) is 6.42 Å². The smallest absolute Gasteiger partial charge is 0.249 e. The van der Waals surface area contributed by atoms with E-state index in [2.05, 4.69) is 19.2 Å². The number of rotatable bonds is 6. The van der Waals surface area contributed by atoms with E-state index in [4.69, 9.17) is 0 Å². The van der Waals surface area contributed by atoms with Crippen molar-refractivity contribution in [3.63, 3.8) is 0 Å². The van der Waals surface area contributed by atoms with Gasteiger partial charge < -0.3 is 10.2 Å². The fourth-order valence-corrected chi connectivity index (χ4v) is 3.77. The summed E-state index contributed by atoms with van der Waals surface area (Å²) in [5.41, 5.74) is -0.578. The molecule has 1 aliphatic carbocycles. The van der Waals surface area contributed by atoms with Crippen LogP contribution in [0.5, 0.6) is 0 Å². The number of carbonyl (C=O) groups excluding carboxylic acids is 2. The number of unbranched alkanes of at least 4 members (excludes halogenated alkanes) is 2. The molecule has 21 heavy (non-hydrogen) atoms. The largest absolute Gasteiger partial charge is 0.340 e. The lowest BCUT2D eigenvalue weighted by atomic mass is 9.78. The van der Waals surface area contributed by atoms with Crippen LogP contribution in [0.15, 0.2) is 0 Å². The van der Waals surface area contributed by atoms with Crippen LogP contribution < -0.4 is 5.32 Å². The van der Waals surface area contributed by atoms with Crippen molar-refractivity contribution in [2.45, 2.75) is 89.6 Å². The summed E-state index contributed by atoms with van der Waals surface area (Å²) in [6.07, 6.45) is 9.89. The summed E-state index contributed by atoms with van der Waals surface area (Å²) >= 11 is 0. The number of piperazine rings is 1. The van der Waals surface area contributed by atoms with Crippen molar-refractivity contribution in [2.75, 3.05) is 6.54 Å². The molecule has 1 spiro atoms. The predicted molar refractivity (Wildman–Crippen MR) is 83.9 cm³/mol. The van der Waals surface area contributed by atoms with Gasteiger partial charge in [-0.05, 0) is 25.7 Å². The fraction of sp³-hybridized carbons (Fsp3) is 0.882. The van der Waals surface area contributed by atoms with Gasteiger partial charge in [-0.1, -0.05) is 52.4 Å². The Balaban J connectivity index is 2.16. The molecule has 1 saturated carbocycles. The highest BCUT2D eigenvalue weighted by atomic mass is 16.2. The SMILES string of the molecule is CCCCCN1C(=O)C2(CCCCC2)NC(=O)C1CCC. The Morgan fingerprint density at radius 2 is 1.81 bits per heavy atom. The molecule has 4 heteroatoms. The zero-order valence-corrected chi connectivity index (χ0v) is 13.6. The minimum absolute atomic E-state index is 0.0786. The van der Waals surface area contributed by atoms with Crippen LogP contribution >= 0.6 is 0 Å². The Morgan fingerprint density at radius 3 is 2.43 bits per heavy atom. The molecule has 2 rings (SSSR count). The highest BCUT2D eigenvalue weighted by Gasteiger charge is 2.50. The molecule has 0 aromatic heterocycles. The quantitative estimate of drug-likeness (QED) is 0.766. The van der Waals surface area contributed by atoms with Crippen molar-refractivity contribution >= 4 is 11.8 Å². The van der Waals surface area contributed by atoms with Crippen LogP contribution in [0.25, 0.3) is 0 Å². The van der Waals surface area contributed by atoms with Crippen molar-refractivity contribution in [2.24, 2.45) is 0 Å². The molecule has 2 fully saturated rings. The van der Waals surface area contributed by atoms with Crippen LogP contribution in [0.1, 0.15) is 78.1 Å². The van der Waals surface area contributed by atoms with E-state index in [1.54, 1.807) is 0 Å². The molecule has 1 unspecified atom stereocenters. The first-order valence-corrected chi connectivity index (χ1v) is 8.77. The molecular formula is C17H30N2O2. The van der Waals surface area contributed by atoms with Crippen LogP contribution in [0.3, 0.4) is 0 Å². The summed E-state index contributed by atoms with van der Waals surface area (Å²) in [4.78, 5) is 27.5. The van der Waals surface area contributed by atoms with Crippen LogP contribution in [0.2, 0.25) is 0 Å². The maximum Gasteiger partial charge on any atom is 0.249 e. The third kappa shape index (κ3) is 3.41. The van der Waals surface area contributed by atoms with Crippen molar-refractivity contribution in [1.82, 2.24) is 10.2 Å². The third-order valence-electron chi connectivity index (χ3n) is 4.98. The highest BCUT2D eigenvalue weighted by molar-refractivity contribution is 5.99. The summed E-state index contributed by atoms with van der Waals surface area (Å²) in [5.74, 6) is 0.270. The number of hydrogen-bond acceptors (Lipinski definition) is 2. The van der Waals surface area contributed by atoms with E-state index in [0.717, 1.165) is 64.3 Å². The number of carbonyl (C=O) groups is 2. The zero-order chi connectivity index (χ0) is 15.3. The number of nitrogens with one attached hydrogen (secondary N) is 1. The maximum atomic E-state index is 13.0. The third-order valence-corrected chi connectivity index (χ3v) is 4.98. The molecule has 2 aliphatic rings. The van der Waals surface area contributed by atoms with Crippen molar-refractivity contribution in [1.29, 1.82) is 0 Å². The molecule has 0 bridgehead atoms.